The van der Waals surface area contributed by atoms with Crippen molar-refractivity contribution in [1.29, 1.82) is 0 Å². The minimum absolute atomic E-state index is 0.163. The van der Waals surface area contributed by atoms with Crippen molar-refractivity contribution in [2.24, 2.45) is 0 Å². The van der Waals surface area contributed by atoms with E-state index in [4.69, 9.17) is 27.9 Å². The Hall–Kier alpha value is -1.27. The van der Waals surface area contributed by atoms with Gasteiger partial charge in [-0.25, -0.2) is 0 Å². The fraction of sp³-hybridized carbons (Fsp3) is 0.357. The van der Waals surface area contributed by atoms with Crippen molar-refractivity contribution in [3.8, 4) is 5.75 Å². The summed E-state index contributed by atoms with van der Waals surface area (Å²) in [4.78, 5) is 0. The molecule has 1 heterocycles. The van der Waals surface area contributed by atoms with Crippen LogP contribution in [0.4, 0.5) is 0 Å². The lowest BCUT2D eigenvalue weighted by Gasteiger charge is -2.14. The van der Waals surface area contributed by atoms with Gasteiger partial charge >= 0.3 is 0 Å². The van der Waals surface area contributed by atoms with Crippen LogP contribution in [0, 0.1) is 0 Å². The molecule has 0 saturated heterocycles. The van der Waals surface area contributed by atoms with Crippen molar-refractivity contribution in [2.45, 2.75) is 12.6 Å². The largest absolute Gasteiger partial charge is 0.489 e. The van der Waals surface area contributed by atoms with E-state index in [9.17, 15) is 5.11 Å². The number of nitrogens with zero attached hydrogens (tertiary/aromatic N) is 2. The maximum absolute atomic E-state index is 9.83. The Kier molecular flexibility index (Phi) is 6.32. The second-order valence-corrected chi connectivity index (χ2v) is 5.36. The molecule has 7 heteroatoms. The lowest BCUT2D eigenvalue weighted by Crippen LogP contribution is -2.33. The Labute approximate surface area is 133 Å². The fourth-order valence-corrected chi connectivity index (χ4v) is 2.20. The summed E-state index contributed by atoms with van der Waals surface area (Å²) in [5, 5.41) is 18.0. The molecule has 0 bridgehead atoms. The monoisotopic (exact) mass is 329 g/mol. The highest BCUT2D eigenvalue weighted by Crippen LogP contribution is 2.27. The first kappa shape index (κ1) is 16.1. The van der Waals surface area contributed by atoms with Gasteiger partial charge in [0.1, 0.15) is 18.5 Å². The summed E-state index contributed by atoms with van der Waals surface area (Å²) >= 11 is 11.8. The molecule has 0 fully saturated rings. The van der Waals surface area contributed by atoms with E-state index in [1.807, 2.05) is 16.9 Å². The number of aliphatic hydroxyl groups is 1. The van der Waals surface area contributed by atoms with Crippen LogP contribution in [0.25, 0.3) is 0 Å². The number of benzene rings is 1. The van der Waals surface area contributed by atoms with E-state index >= 15 is 0 Å². The molecule has 0 aliphatic carbocycles. The van der Waals surface area contributed by atoms with Crippen molar-refractivity contribution in [1.82, 2.24) is 15.1 Å². The second-order valence-electron chi connectivity index (χ2n) is 4.51. The minimum Gasteiger partial charge on any atom is -0.489 e. The number of hydrogen-bond acceptors (Lipinski definition) is 4. The van der Waals surface area contributed by atoms with Crippen LogP contribution in [0.1, 0.15) is 0 Å². The third-order valence-electron chi connectivity index (χ3n) is 2.78. The summed E-state index contributed by atoms with van der Waals surface area (Å²) in [5.74, 6) is 0.511. The minimum atomic E-state index is -0.616. The van der Waals surface area contributed by atoms with Crippen LogP contribution in [0.5, 0.6) is 5.75 Å². The molecule has 0 unspecified atom stereocenters. The van der Waals surface area contributed by atoms with E-state index in [1.165, 1.54) is 0 Å². The summed E-state index contributed by atoms with van der Waals surface area (Å²) in [6.45, 7) is 2.08. The van der Waals surface area contributed by atoms with Gasteiger partial charge in [-0.15, -0.1) is 0 Å². The van der Waals surface area contributed by atoms with Gasteiger partial charge in [0, 0.05) is 30.5 Å². The topological polar surface area (TPSA) is 59.3 Å². The number of aromatic nitrogens is 2. The molecule has 1 aromatic heterocycles. The Balaban J connectivity index is 1.64. The van der Waals surface area contributed by atoms with Crippen molar-refractivity contribution in [2.75, 3.05) is 19.7 Å². The molecule has 0 spiro atoms. The lowest BCUT2D eigenvalue weighted by molar-refractivity contribution is 0.106. The Morgan fingerprint density at radius 2 is 2.24 bits per heavy atom. The zero-order chi connectivity index (χ0) is 15.1. The molecule has 1 aromatic carbocycles. The molecule has 5 nitrogen and oxygen atoms in total. The third-order valence-corrected chi connectivity index (χ3v) is 3.31. The van der Waals surface area contributed by atoms with Gasteiger partial charge in [0.25, 0.3) is 0 Å². The molecule has 21 heavy (non-hydrogen) atoms. The molecular formula is C14H17Cl2N3O2. The zero-order valence-electron chi connectivity index (χ0n) is 11.4. The van der Waals surface area contributed by atoms with E-state index in [0.29, 0.717) is 22.3 Å². The van der Waals surface area contributed by atoms with Crippen molar-refractivity contribution in [3.63, 3.8) is 0 Å². The van der Waals surface area contributed by atoms with E-state index in [-0.39, 0.29) is 6.61 Å². The highest BCUT2D eigenvalue weighted by atomic mass is 35.5. The normalized spacial score (nSPS) is 12.3. The molecule has 0 amide bonds. The maximum atomic E-state index is 9.83. The zero-order valence-corrected chi connectivity index (χ0v) is 12.9. The SMILES string of the molecule is O[C@@H](CNCCn1cccn1)COc1ccc(Cl)cc1Cl. The van der Waals surface area contributed by atoms with Crippen molar-refractivity contribution >= 4 is 23.2 Å². The summed E-state index contributed by atoms with van der Waals surface area (Å²) in [6, 6.07) is 6.85. The molecule has 0 saturated carbocycles. The molecule has 0 aliphatic rings. The van der Waals surface area contributed by atoms with Gasteiger partial charge in [0.2, 0.25) is 0 Å². The number of halogens is 2. The number of aliphatic hydroxyl groups excluding tert-OH is 1. The Morgan fingerprint density at radius 1 is 1.38 bits per heavy atom. The summed E-state index contributed by atoms with van der Waals surface area (Å²) in [5.41, 5.74) is 0. The molecular weight excluding hydrogens is 313 g/mol. The Morgan fingerprint density at radius 3 is 2.95 bits per heavy atom. The quantitative estimate of drug-likeness (QED) is 0.729. The van der Waals surface area contributed by atoms with Crippen LogP contribution in [-0.2, 0) is 6.54 Å². The molecule has 114 valence electrons. The van der Waals surface area contributed by atoms with Crippen molar-refractivity contribution < 1.29 is 9.84 Å². The molecule has 2 N–H and O–H groups in total. The predicted octanol–water partition coefficient (Wildman–Crippen LogP) is 2.22. The van der Waals surface area contributed by atoms with E-state index in [2.05, 4.69) is 10.4 Å². The van der Waals surface area contributed by atoms with E-state index < -0.39 is 6.10 Å². The van der Waals surface area contributed by atoms with Crippen LogP contribution in [0.15, 0.2) is 36.7 Å². The molecule has 2 rings (SSSR count). The first-order valence-electron chi connectivity index (χ1n) is 6.59. The smallest absolute Gasteiger partial charge is 0.138 e. The lowest BCUT2D eigenvalue weighted by atomic mass is 10.3. The summed E-state index contributed by atoms with van der Waals surface area (Å²) in [7, 11) is 0. The fourth-order valence-electron chi connectivity index (χ4n) is 1.73. The van der Waals surface area contributed by atoms with Gasteiger partial charge in [0.05, 0.1) is 11.6 Å². The summed E-state index contributed by atoms with van der Waals surface area (Å²) in [6.07, 6.45) is 3.01. The van der Waals surface area contributed by atoms with Gasteiger partial charge < -0.3 is 15.2 Å². The first-order chi connectivity index (χ1) is 10.1. The molecule has 1 atom stereocenters. The standard InChI is InChI=1S/C14H17Cl2N3O2/c15-11-2-3-14(13(16)8-11)21-10-12(20)9-17-5-7-19-6-1-4-18-19/h1-4,6,8,12,17,20H,5,7,9-10H2/t12-/m0/s1. The van der Waals surface area contributed by atoms with Crippen LogP contribution in [0.2, 0.25) is 10.0 Å². The highest BCUT2D eigenvalue weighted by Gasteiger charge is 2.07. The van der Waals surface area contributed by atoms with E-state index in [0.717, 1.165) is 13.1 Å². The number of hydrogen-bond donors (Lipinski definition) is 2. The second kappa shape index (κ2) is 8.24. The van der Waals surface area contributed by atoms with Crippen LogP contribution >= 0.6 is 23.2 Å². The van der Waals surface area contributed by atoms with E-state index in [1.54, 1.807) is 24.4 Å². The number of rotatable bonds is 8. The summed E-state index contributed by atoms with van der Waals surface area (Å²) < 4.78 is 7.28. The molecule has 0 radical (unpaired) electrons. The first-order valence-corrected chi connectivity index (χ1v) is 7.35. The average molecular weight is 330 g/mol. The van der Waals surface area contributed by atoms with Gasteiger partial charge in [-0.1, -0.05) is 23.2 Å². The number of ether oxygens (including phenoxy) is 1. The van der Waals surface area contributed by atoms with Crippen LogP contribution < -0.4 is 10.1 Å². The highest BCUT2D eigenvalue weighted by molar-refractivity contribution is 6.35. The predicted molar refractivity (Wildman–Crippen MR) is 83.1 cm³/mol. The Bertz CT molecular complexity index is 549. The molecule has 2 aromatic rings. The van der Waals surface area contributed by atoms with Crippen LogP contribution in [0.3, 0.4) is 0 Å². The van der Waals surface area contributed by atoms with Gasteiger partial charge in [-0.05, 0) is 24.3 Å². The third kappa shape index (κ3) is 5.55. The van der Waals surface area contributed by atoms with Gasteiger partial charge in [-0.3, -0.25) is 4.68 Å². The van der Waals surface area contributed by atoms with Gasteiger partial charge in [0.15, 0.2) is 0 Å². The number of nitrogens with one attached hydrogen (secondary N) is 1. The van der Waals surface area contributed by atoms with Crippen molar-refractivity contribution in [3.05, 3.63) is 46.7 Å². The maximum Gasteiger partial charge on any atom is 0.138 e. The molecule has 0 aliphatic heterocycles. The average Bonchev–Trinajstić information content (AvgIpc) is 2.96. The van der Waals surface area contributed by atoms with Crippen LogP contribution in [-0.4, -0.2) is 40.7 Å². The van der Waals surface area contributed by atoms with Gasteiger partial charge in [-0.2, -0.15) is 5.10 Å².